The van der Waals surface area contributed by atoms with Crippen LogP contribution in [-0.2, 0) is 6.42 Å². The lowest BCUT2D eigenvalue weighted by atomic mass is 10.1. The van der Waals surface area contributed by atoms with Crippen LogP contribution in [0.4, 0.5) is 16.3 Å². The number of anilines is 2. The van der Waals surface area contributed by atoms with Gasteiger partial charge in [0.15, 0.2) is 0 Å². The summed E-state index contributed by atoms with van der Waals surface area (Å²) < 4.78 is 12.9. The van der Waals surface area contributed by atoms with Crippen LogP contribution < -0.4 is 11.5 Å². The summed E-state index contributed by atoms with van der Waals surface area (Å²) in [6.07, 6.45) is 0.370. The molecule has 0 amide bonds. The van der Waals surface area contributed by atoms with Crippen molar-refractivity contribution in [1.29, 1.82) is 0 Å². The van der Waals surface area contributed by atoms with Crippen LogP contribution in [0.5, 0.6) is 0 Å². The predicted octanol–water partition coefficient (Wildman–Crippen LogP) is 0.766. The van der Waals surface area contributed by atoms with Crippen LogP contribution in [0.15, 0.2) is 24.3 Å². The van der Waals surface area contributed by atoms with Crippen molar-refractivity contribution in [2.45, 2.75) is 6.42 Å². The number of nitrogens with two attached hydrogens (primary N) is 2. The summed E-state index contributed by atoms with van der Waals surface area (Å²) in [6.45, 7) is 0. The monoisotopic (exact) mass is 219 g/mol. The Morgan fingerprint density at radius 1 is 1.06 bits per heavy atom. The van der Waals surface area contributed by atoms with Gasteiger partial charge in [0.1, 0.15) is 11.6 Å². The smallest absolute Gasteiger partial charge is 0.225 e. The minimum Gasteiger partial charge on any atom is -0.368 e. The fraction of sp³-hybridized carbons (Fsp3) is 0.100. The Morgan fingerprint density at radius 2 is 1.75 bits per heavy atom. The molecule has 0 fully saturated rings. The van der Waals surface area contributed by atoms with Gasteiger partial charge in [-0.15, -0.1) is 0 Å². The minimum absolute atomic E-state index is 0.0684. The van der Waals surface area contributed by atoms with E-state index in [-0.39, 0.29) is 17.7 Å². The summed E-state index contributed by atoms with van der Waals surface area (Å²) >= 11 is 0. The van der Waals surface area contributed by atoms with Crippen molar-refractivity contribution in [3.8, 4) is 0 Å². The highest BCUT2D eigenvalue weighted by molar-refractivity contribution is 5.28. The van der Waals surface area contributed by atoms with Crippen LogP contribution in [0.1, 0.15) is 11.4 Å². The van der Waals surface area contributed by atoms with E-state index < -0.39 is 0 Å². The molecule has 0 spiro atoms. The van der Waals surface area contributed by atoms with Gasteiger partial charge in [0.05, 0.1) is 0 Å². The molecule has 1 aromatic carbocycles. The lowest BCUT2D eigenvalue weighted by molar-refractivity contribution is 0.626. The molecule has 82 valence electrons. The lowest BCUT2D eigenvalue weighted by Crippen LogP contribution is -2.07. The zero-order chi connectivity index (χ0) is 11.5. The van der Waals surface area contributed by atoms with Gasteiger partial charge in [-0.3, -0.25) is 0 Å². The number of benzene rings is 1. The molecular weight excluding hydrogens is 209 g/mol. The molecule has 6 heteroatoms. The molecule has 0 aliphatic rings. The minimum atomic E-state index is -0.299. The number of nitrogens with zero attached hydrogens (tertiary/aromatic N) is 3. The third kappa shape index (κ3) is 2.41. The topological polar surface area (TPSA) is 90.7 Å². The molecule has 0 bridgehead atoms. The molecule has 0 saturated carbocycles. The predicted molar refractivity (Wildman–Crippen MR) is 57.9 cm³/mol. The van der Waals surface area contributed by atoms with Gasteiger partial charge in [0.25, 0.3) is 0 Å². The van der Waals surface area contributed by atoms with Gasteiger partial charge in [0, 0.05) is 6.42 Å². The van der Waals surface area contributed by atoms with Gasteiger partial charge < -0.3 is 11.5 Å². The summed E-state index contributed by atoms with van der Waals surface area (Å²) in [5, 5.41) is 0. The number of hydrogen-bond donors (Lipinski definition) is 2. The Balaban J connectivity index is 2.27. The second-order valence-electron chi connectivity index (χ2n) is 3.27. The normalized spacial score (nSPS) is 10.3. The van der Waals surface area contributed by atoms with Gasteiger partial charge in [0.2, 0.25) is 11.9 Å². The van der Waals surface area contributed by atoms with Crippen LogP contribution in [0.2, 0.25) is 0 Å². The number of nitrogen functional groups attached to an aromatic ring is 2. The largest absolute Gasteiger partial charge is 0.368 e. The van der Waals surface area contributed by atoms with Crippen molar-refractivity contribution in [2.24, 2.45) is 0 Å². The van der Waals surface area contributed by atoms with E-state index >= 15 is 0 Å². The Bertz CT molecular complexity index is 494. The first kappa shape index (κ1) is 10.3. The van der Waals surface area contributed by atoms with Gasteiger partial charge in [-0.25, -0.2) is 4.39 Å². The van der Waals surface area contributed by atoms with Gasteiger partial charge in [-0.05, 0) is 17.7 Å². The summed E-state index contributed by atoms with van der Waals surface area (Å²) in [7, 11) is 0. The molecule has 4 N–H and O–H groups in total. The number of halogens is 1. The fourth-order valence-corrected chi connectivity index (χ4v) is 1.37. The van der Waals surface area contributed by atoms with E-state index in [4.69, 9.17) is 11.5 Å². The highest BCUT2D eigenvalue weighted by Crippen LogP contribution is 2.09. The molecule has 0 aliphatic heterocycles. The first-order valence-corrected chi connectivity index (χ1v) is 4.64. The highest BCUT2D eigenvalue weighted by atomic mass is 19.1. The first-order chi connectivity index (χ1) is 7.63. The Morgan fingerprint density at radius 3 is 2.38 bits per heavy atom. The molecule has 2 rings (SSSR count). The maximum absolute atomic E-state index is 12.9. The van der Waals surface area contributed by atoms with Crippen molar-refractivity contribution in [3.05, 3.63) is 41.5 Å². The summed E-state index contributed by atoms with van der Waals surface area (Å²) in [5.74, 6) is 0.265. The molecule has 1 heterocycles. The molecule has 5 nitrogen and oxygen atoms in total. The molecule has 0 radical (unpaired) electrons. The van der Waals surface area contributed by atoms with Crippen LogP contribution in [0.3, 0.4) is 0 Å². The van der Waals surface area contributed by atoms with Crippen LogP contribution in [0, 0.1) is 5.82 Å². The van der Waals surface area contributed by atoms with E-state index in [1.165, 1.54) is 12.1 Å². The van der Waals surface area contributed by atoms with Crippen LogP contribution >= 0.6 is 0 Å². The molecule has 0 saturated heterocycles. The quantitative estimate of drug-likeness (QED) is 0.778. The average molecular weight is 219 g/mol. The zero-order valence-corrected chi connectivity index (χ0v) is 8.39. The second kappa shape index (κ2) is 4.09. The number of hydrogen-bond acceptors (Lipinski definition) is 5. The summed E-state index contributed by atoms with van der Waals surface area (Å²) in [4.78, 5) is 11.5. The van der Waals surface area contributed by atoms with Crippen molar-refractivity contribution >= 4 is 11.9 Å². The maximum Gasteiger partial charge on any atom is 0.225 e. The van der Waals surface area contributed by atoms with Gasteiger partial charge in [-0.2, -0.15) is 15.0 Å². The Hall–Kier alpha value is -2.24. The van der Waals surface area contributed by atoms with Crippen molar-refractivity contribution in [1.82, 2.24) is 15.0 Å². The first-order valence-electron chi connectivity index (χ1n) is 4.64. The van der Waals surface area contributed by atoms with Gasteiger partial charge in [-0.1, -0.05) is 12.1 Å². The molecule has 16 heavy (non-hydrogen) atoms. The summed E-state index contributed by atoms with van der Waals surface area (Å²) in [5.41, 5.74) is 11.6. The Labute approximate surface area is 91.4 Å². The Kier molecular flexibility index (Phi) is 2.63. The molecule has 2 aromatic rings. The standard InChI is InChI=1S/C10H10FN5/c11-7-3-1-2-6(4-7)5-8-14-9(12)16-10(13)15-8/h1-4H,5H2,(H4,12,13,14,15,16). The SMILES string of the molecule is Nc1nc(N)nc(Cc2cccc(F)c2)n1. The zero-order valence-electron chi connectivity index (χ0n) is 8.39. The van der Waals surface area contributed by atoms with Crippen molar-refractivity contribution in [2.75, 3.05) is 11.5 Å². The van der Waals surface area contributed by atoms with Gasteiger partial charge >= 0.3 is 0 Å². The van der Waals surface area contributed by atoms with E-state index in [0.717, 1.165) is 5.56 Å². The number of aromatic nitrogens is 3. The third-order valence-electron chi connectivity index (χ3n) is 1.97. The van der Waals surface area contributed by atoms with E-state index in [2.05, 4.69) is 15.0 Å². The third-order valence-corrected chi connectivity index (χ3v) is 1.97. The van der Waals surface area contributed by atoms with E-state index in [1.54, 1.807) is 12.1 Å². The molecule has 0 unspecified atom stereocenters. The molecular formula is C10H10FN5. The highest BCUT2D eigenvalue weighted by Gasteiger charge is 2.03. The van der Waals surface area contributed by atoms with Crippen LogP contribution in [0.25, 0.3) is 0 Å². The van der Waals surface area contributed by atoms with E-state index in [0.29, 0.717) is 12.2 Å². The lowest BCUT2D eigenvalue weighted by Gasteiger charge is -2.02. The van der Waals surface area contributed by atoms with Crippen molar-refractivity contribution < 1.29 is 4.39 Å². The van der Waals surface area contributed by atoms with Crippen LogP contribution in [-0.4, -0.2) is 15.0 Å². The molecule has 0 aliphatic carbocycles. The van der Waals surface area contributed by atoms with E-state index in [9.17, 15) is 4.39 Å². The second-order valence-corrected chi connectivity index (χ2v) is 3.27. The number of rotatable bonds is 2. The fourth-order valence-electron chi connectivity index (χ4n) is 1.37. The van der Waals surface area contributed by atoms with Crippen molar-refractivity contribution in [3.63, 3.8) is 0 Å². The maximum atomic E-state index is 12.9. The van der Waals surface area contributed by atoms with E-state index in [1.807, 2.05) is 0 Å². The molecule has 1 aromatic heterocycles. The summed E-state index contributed by atoms with van der Waals surface area (Å²) in [6, 6.07) is 6.19. The molecule has 0 atom stereocenters. The average Bonchev–Trinajstić information content (AvgIpc) is 2.15.